The van der Waals surface area contributed by atoms with Gasteiger partial charge in [0.15, 0.2) is 0 Å². The van der Waals surface area contributed by atoms with Crippen LogP contribution in [0.4, 0.5) is 5.95 Å². The van der Waals surface area contributed by atoms with E-state index in [4.69, 9.17) is 4.98 Å². The number of imidazole rings is 1. The van der Waals surface area contributed by atoms with Crippen LogP contribution in [-0.2, 0) is 6.42 Å². The molecule has 0 saturated heterocycles. The second-order valence-corrected chi connectivity index (χ2v) is 7.41. The van der Waals surface area contributed by atoms with Crippen molar-refractivity contribution in [2.45, 2.75) is 26.3 Å². The summed E-state index contributed by atoms with van der Waals surface area (Å²) in [6, 6.07) is 26.0. The molecule has 1 atom stereocenters. The molecule has 0 bridgehead atoms. The average molecular weight is 365 g/mol. The van der Waals surface area contributed by atoms with Crippen molar-refractivity contribution in [3.05, 3.63) is 101 Å². The van der Waals surface area contributed by atoms with Crippen LogP contribution in [0, 0.1) is 6.92 Å². The fraction of sp³-hybridized carbons (Fsp3) is 0.160. The van der Waals surface area contributed by atoms with E-state index >= 15 is 0 Å². The van der Waals surface area contributed by atoms with Crippen LogP contribution in [-0.4, -0.2) is 9.55 Å². The number of benzene rings is 3. The summed E-state index contributed by atoms with van der Waals surface area (Å²) >= 11 is 0. The SMILES string of the molecule is CCc1ccc(C2=CC(c3cccc(C)c3)n3c(nc4ccccc43)N2)cc1. The number of allylic oxidation sites excluding steroid dienone is 1. The van der Waals surface area contributed by atoms with Gasteiger partial charge in [0.2, 0.25) is 5.95 Å². The molecule has 1 aromatic heterocycles. The lowest BCUT2D eigenvalue weighted by molar-refractivity contribution is 0.720. The molecule has 0 fully saturated rings. The summed E-state index contributed by atoms with van der Waals surface area (Å²) in [4.78, 5) is 4.87. The summed E-state index contributed by atoms with van der Waals surface area (Å²) in [5.74, 6) is 0.893. The van der Waals surface area contributed by atoms with Crippen molar-refractivity contribution in [3.8, 4) is 0 Å². The van der Waals surface area contributed by atoms with Crippen LogP contribution in [0.5, 0.6) is 0 Å². The lowest BCUT2D eigenvalue weighted by Gasteiger charge is -2.27. The van der Waals surface area contributed by atoms with Gasteiger partial charge in [0.05, 0.1) is 17.1 Å². The number of aromatic nitrogens is 2. The lowest BCUT2D eigenvalue weighted by Crippen LogP contribution is -2.19. The topological polar surface area (TPSA) is 29.9 Å². The van der Waals surface area contributed by atoms with Crippen molar-refractivity contribution in [2.24, 2.45) is 0 Å². The van der Waals surface area contributed by atoms with Crippen molar-refractivity contribution in [2.75, 3.05) is 5.32 Å². The van der Waals surface area contributed by atoms with E-state index in [2.05, 4.69) is 96.5 Å². The van der Waals surface area contributed by atoms with E-state index < -0.39 is 0 Å². The molecule has 0 saturated carbocycles. The predicted octanol–water partition coefficient (Wildman–Crippen LogP) is 5.96. The Balaban J connectivity index is 1.69. The van der Waals surface area contributed by atoms with Gasteiger partial charge < -0.3 is 5.32 Å². The molecule has 28 heavy (non-hydrogen) atoms. The number of nitrogens with zero attached hydrogens (tertiary/aromatic N) is 2. The Bertz CT molecular complexity index is 1180. The smallest absolute Gasteiger partial charge is 0.209 e. The van der Waals surface area contributed by atoms with E-state index in [-0.39, 0.29) is 6.04 Å². The van der Waals surface area contributed by atoms with Crippen molar-refractivity contribution in [3.63, 3.8) is 0 Å². The molecule has 0 radical (unpaired) electrons. The van der Waals surface area contributed by atoms with Crippen LogP contribution >= 0.6 is 0 Å². The van der Waals surface area contributed by atoms with Crippen molar-refractivity contribution in [1.29, 1.82) is 0 Å². The minimum Gasteiger partial charge on any atom is -0.325 e. The van der Waals surface area contributed by atoms with Gasteiger partial charge in [-0.2, -0.15) is 0 Å². The van der Waals surface area contributed by atoms with Crippen LogP contribution in [0.3, 0.4) is 0 Å². The van der Waals surface area contributed by atoms with E-state index in [1.165, 1.54) is 22.3 Å². The number of rotatable bonds is 3. The number of hydrogen-bond acceptors (Lipinski definition) is 2. The third-order valence-corrected chi connectivity index (χ3v) is 5.50. The summed E-state index contributed by atoms with van der Waals surface area (Å²) < 4.78 is 2.30. The van der Waals surface area contributed by atoms with Crippen LogP contribution in [0.25, 0.3) is 16.7 Å². The molecule has 3 heteroatoms. The van der Waals surface area contributed by atoms with Gasteiger partial charge in [-0.3, -0.25) is 4.57 Å². The minimum atomic E-state index is 0.101. The number of para-hydroxylation sites is 2. The molecule has 138 valence electrons. The molecule has 5 rings (SSSR count). The first-order valence-corrected chi connectivity index (χ1v) is 9.84. The fourth-order valence-corrected chi connectivity index (χ4v) is 4.00. The summed E-state index contributed by atoms with van der Waals surface area (Å²) in [6.45, 7) is 4.33. The molecule has 4 aromatic rings. The Morgan fingerprint density at radius 1 is 0.964 bits per heavy atom. The zero-order valence-electron chi connectivity index (χ0n) is 16.2. The summed E-state index contributed by atoms with van der Waals surface area (Å²) in [5.41, 5.74) is 8.34. The Labute approximate surface area is 165 Å². The zero-order chi connectivity index (χ0) is 19.1. The van der Waals surface area contributed by atoms with E-state index in [9.17, 15) is 0 Å². The highest BCUT2D eigenvalue weighted by molar-refractivity contribution is 5.85. The second kappa shape index (κ2) is 6.68. The van der Waals surface area contributed by atoms with E-state index in [0.29, 0.717) is 0 Å². The first-order chi connectivity index (χ1) is 13.7. The number of hydrogen-bond donors (Lipinski definition) is 1. The van der Waals surface area contributed by atoms with E-state index in [0.717, 1.165) is 29.1 Å². The van der Waals surface area contributed by atoms with Gasteiger partial charge in [0, 0.05) is 5.70 Å². The molecule has 1 aliphatic rings. The highest BCUT2D eigenvalue weighted by Gasteiger charge is 2.25. The number of fused-ring (bicyclic) bond motifs is 3. The number of anilines is 1. The zero-order valence-corrected chi connectivity index (χ0v) is 16.2. The maximum Gasteiger partial charge on any atom is 0.209 e. The standard InChI is InChI=1S/C25H23N3/c1-3-18-11-13-19(14-12-18)22-16-24(20-8-6-7-17(2)15-20)28-23-10-5-4-9-21(23)26-25(28)27-22/h4-16,24H,3H2,1-2H3,(H,26,27). The van der Waals surface area contributed by atoms with Gasteiger partial charge in [0.1, 0.15) is 0 Å². The van der Waals surface area contributed by atoms with Crippen LogP contribution in [0.15, 0.2) is 78.9 Å². The summed E-state index contributed by atoms with van der Waals surface area (Å²) in [5, 5.41) is 3.57. The first kappa shape index (κ1) is 16.8. The number of aryl methyl sites for hydroxylation is 2. The Morgan fingerprint density at radius 2 is 1.79 bits per heavy atom. The molecule has 2 heterocycles. The minimum absolute atomic E-state index is 0.101. The molecule has 0 aliphatic carbocycles. The third-order valence-electron chi connectivity index (χ3n) is 5.50. The van der Waals surface area contributed by atoms with Crippen LogP contribution in [0.1, 0.15) is 35.2 Å². The Morgan fingerprint density at radius 3 is 2.57 bits per heavy atom. The maximum absolute atomic E-state index is 4.87. The molecule has 3 aromatic carbocycles. The molecule has 1 unspecified atom stereocenters. The maximum atomic E-state index is 4.87. The normalized spacial score (nSPS) is 15.8. The Kier molecular flexibility index (Phi) is 4.01. The van der Waals surface area contributed by atoms with Crippen LogP contribution in [0.2, 0.25) is 0 Å². The number of nitrogens with one attached hydrogen (secondary N) is 1. The molecule has 3 nitrogen and oxygen atoms in total. The average Bonchev–Trinajstić information content (AvgIpc) is 3.11. The highest BCUT2D eigenvalue weighted by atomic mass is 15.2. The fourth-order valence-electron chi connectivity index (χ4n) is 4.00. The summed E-state index contributed by atoms with van der Waals surface area (Å²) in [6.07, 6.45) is 3.37. The predicted molar refractivity (Wildman–Crippen MR) is 116 cm³/mol. The molecule has 0 amide bonds. The molecule has 1 N–H and O–H groups in total. The third kappa shape index (κ3) is 2.80. The Hall–Kier alpha value is -3.33. The van der Waals surface area contributed by atoms with Crippen LogP contribution < -0.4 is 5.32 Å². The van der Waals surface area contributed by atoms with Gasteiger partial charge in [-0.15, -0.1) is 0 Å². The van der Waals surface area contributed by atoms with Crippen molar-refractivity contribution >= 4 is 22.7 Å². The molecule has 0 spiro atoms. The monoisotopic (exact) mass is 365 g/mol. The largest absolute Gasteiger partial charge is 0.325 e. The van der Waals surface area contributed by atoms with Crippen molar-refractivity contribution < 1.29 is 0 Å². The molecule has 1 aliphatic heterocycles. The van der Waals surface area contributed by atoms with E-state index in [1.54, 1.807) is 0 Å². The van der Waals surface area contributed by atoms with E-state index in [1.807, 2.05) is 6.07 Å². The highest BCUT2D eigenvalue weighted by Crippen LogP contribution is 2.37. The second-order valence-electron chi connectivity index (χ2n) is 7.41. The van der Waals surface area contributed by atoms with Gasteiger partial charge in [-0.1, -0.05) is 73.2 Å². The van der Waals surface area contributed by atoms with Gasteiger partial charge in [0.25, 0.3) is 0 Å². The molecular weight excluding hydrogens is 342 g/mol. The first-order valence-electron chi connectivity index (χ1n) is 9.84. The quantitative estimate of drug-likeness (QED) is 0.485. The summed E-state index contributed by atoms with van der Waals surface area (Å²) in [7, 11) is 0. The van der Waals surface area contributed by atoms with Gasteiger partial charge in [-0.05, 0) is 48.2 Å². The van der Waals surface area contributed by atoms with Gasteiger partial charge >= 0.3 is 0 Å². The molecular formula is C25H23N3. The lowest BCUT2D eigenvalue weighted by atomic mass is 9.99. The van der Waals surface area contributed by atoms with Gasteiger partial charge in [-0.25, -0.2) is 4.98 Å². The van der Waals surface area contributed by atoms with Crippen molar-refractivity contribution in [1.82, 2.24) is 9.55 Å².